The van der Waals surface area contributed by atoms with Gasteiger partial charge in [-0.3, -0.25) is 4.79 Å². The molecule has 2 N–H and O–H groups in total. The minimum absolute atomic E-state index is 0.296. The zero-order valence-corrected chi connectivity index (χ0v) is 14.3. The van der Waals surface area contributed by atoms with Gasteiger partial charge in [0.1, 0.15) is 11.7 Å². The van der Waals surface area contributed by atoms with Gasteiger partial charge in [0.25, 0.3) is 5.91 Å². The fraction of sp³-hybridized carbons (Fsp3) is 0.389. The van der Waals surface area contributed by atoms with E-state index >= 15 is 0 Å². The van der Waals surface area contributed by atoms with Gasteiger partial charge < -0.3 is 10.4 Å². The first-order valence-electron chi connectivity index (χ1n) is 8.05. The highest BCUT2D eigenvalue weighted by Crippen LogP contribution is 2.33. The summed E-state index contributed by atoms with van der Waals surface area (Å²) in [6.45, 7) is 2.04. The maximum Gasteiger partial charge on any atom is 0.326 e. The van der Waals surface area contributed by atoms with E-state index in [4.69, 9.17) is 0 Å². The third-order valence-electron chi connectivity index (χ3n) is 4.13. The minimum Gasteiger partial charge on any atom is -0.480 e. The summed E-state index contributed by atoms with van der Waals surface area (Å²) in [5.41, 5.74) is 2.64. The lowest BCUT2D eigenvalue weighted by molar-refractivity contribution is -0.139. The second kappa shape index (κ2) is 7.13. The second-order valence-corrected chi connectivity index (χ2v) is 7.27. The van der Waals surface area contributed by atoms with E-state index in [1.54, 1.807) is 5.38 Å². The highest BCUT2D eigenvalue weighted by molar-refractivity contribution is 7.09. The average Bonchev–Trinajstić information content (AvgIpc) is 3.24. The van der Waals surface area contributed by atoms with Crippen molar-refractivity contribution in [1.29, 1.82) is 0 Å². The Balaban J connectivity index is 1.62. The summed E-state index contributed by atoms with van der Waals surface area (Å²) in [6.07, 6.45) is 3.28. The van der Waals surface area contributed by atoms with Crippen molar-refractivity contribution >= 4 is 23.2 Å². The first-order chi connectivity index (χ1) is 11.5. The topological polar surface area (TPSA) is 79.3 Å². The Morgan fingerprint density at radius 1 is 1.33 bits per heavy atom. The van der Waals surface area contributed by atoms with E-state index in [2.05, 4.69) is 10.3 Å². The Bertz CT molecular complexity index is 735. The van der Waals surface area contributed by atoms with E-state index in [1.807, 2.05) is 31.2 Å². The Labute approximate surface area is 144 Å². The number of thiazole rings is 1. The van der Waals surface area contributed by atoms with Crippen LogP contribution < -0.4 is 5.32 Å². The lowest BCUT2D eigenvalue weighted by atomic mass is 10.1. The van der Waals surface area contributed by atoms with Gasteiger partial charge in [-0.25, -0.2) is 9.78 Å². The van der Waals surface area contributed by atoms with Gasteiger partial charge in [-0.1, -0.05) is 42.7 Å². The van der Waals surface area contributed by atoms with Crippen LogP contribution in [0, 0.1) is 12.8 Å². The van der Waals surface area contributed by atoms with Crippen LogP contribution in [0.5, 0.6) is 0 Å². The van der Waals surface area contributed by atoms with Gasteiger partial charge in [0.15, 0.2) is 0 Å². The number of carboxylic acids is 1. The van der Waals surface area contributed by atoms with Crippen LogP contribution >= 0.6 is 11.3 Å². The Morgan fingerprint density at radius 3 is 2.67 bits per heavy atom. The normalized spacial score (nSPS) is 15.0. The Hall–Kier alpha value is -2.21. The molecule has 1 saturated carbocycles. The van der Waals surface area contributed by atoms with Crippen LogP contribution in [0.15, 0.2) is 29.6 Å². The fourth-order valence-electron chi connectivity index (χ4n) is 2.52. The molecule has 1 atom stereocenters. The molecule has 5 nitrogen and oxygen atoms in total. The monoisotopic (exact) mass is 344 g/mol. The quantitative estimate of drug-likeness (QED) is 0.809. The van der Waals surface area contributed by atoms with Crippen LogP contribution in [0.1, 0.15) is 45.9 Å². The van der Waals surface area contributed by atoms with Crippen molar-refractivity contribution in [2.45, 2.75) is 38.6 Å². The lowest BCUT2D eigenvalue weighted by Gasteiger charge is -2.12. The standard InChI is InChI=1S/C18H20N2O3S/c1-11-2-4-13(5-3-11)9-16-19-15(10-24-16)17(21)20-14(18(22)23)8-12-6-7-12/h2-5,10,12,14H,6-9H2,1H3,(H,20,21)(H,22,23). The van der Waals surface area contributed by atoms with Crippen LogP contribution in [0.4, 0.5) is 0 Å². The number of hydrogen-bond donors (Lipinski definition) is 2. The van der Waals surface area contributed by atoms with Crippen molar-refractivity contribution < 1.29 is 14.7 Å². The van der Waals surface area contributed by atoms with E-state index in [1.165, 1.54) is 16.9 Å². The van der Waals surface area contributed by atoms with Crippen molar-refractivity contribution in [3.05, 3.63) is 51.5 Å². The molecule has 0 saturated heterocycles. The minimum atomic E-state index is -0.981. The molecule has 3 rings (SSSR count). The molecule has 1 unspecified atom stereocenters. The molecule has 0 radical (unpaired) electrons. The van der Waals surface area contributed by atoms with Crippen molar-refractivity contribution in [1.82, 2.24) is 10.3 Å². The summed E-state index contributed by atoms with van der Waals surface area (Å²) in [5.74, 6) is -0.959. The molecule has 1 fully saturated rings. The van der Waals surface area contributed by atoms with Crippen LogP contribution in [-0.2, 0) is 11.2 Å². The highest BCUT2D eigenvalue weighted by atomic mass is 32.1. The van der Waals surface area contributed by atoms with Gasteiger partial charge in [-0.2, -0.15) is 0 Å². The van der Waals surface area contributed by atoms with Crippen molar-refractivity contribution in [2.75, 3.05) is 0 Å². The summed E-state index contributed by atoms with van der Waals surface area (Å²) < 4.78 is 0. The van der Waals surface area contributed by atoms with Crippen molar-refractivity contribution in [3.63, 3.8) is 0 Å². The highest BCUT2D eigenvalue weighted by Gasteiger charge is 2.30. The number of benzene rings is 1. The average molecular weight is 344 g/mol. The molecule has 1 aliphatic carbocycles. The van der Waals surface area contributed by atoms with Crippen LogP contribution in [0.2, 0.25) is 0 Å². The number of aryl methyl sites for hydroxylation is 1. The van der Waals surface area contributed by atoms with Gasteiger partial charge in [-0.15, -0.1) is 11.3 Å². The van der Waals surface area contributed by atoms with Crippen LogP contribution in [0.25, 0.3) is 0 Å². The van der Waals surface area contributed by atoms with Gasteiger partial charge in [-0.05, 0) is 24.8 Å². The first kappa shape index (κ1) is 16.6. The molecule has 6 heteroatoms. The molecule has 1 aliphatic rings. The third kappa shape index (κ3) is 4.41. The molecule has 24 heavy (non-hydrogen) atoms. The molecule has 0 spiro atoms. The lowest BCUT2D eigenvalue weighted by Crippen LogP contribution is -2.41. The van der Waals surface area contributed by atoms with Gasteiger partial charge in [0.2, 0.25) is 0 Å². The largest absolute Gasteiger partial charge is 0.480 e. The van der Waals surface area contributed by atoms with E-state index < -0.39 is 17.9 Å². The molecule has 1 aromatic heterocycles. The van der Waals surface area contributed by atoms with Gasteiger partial charge in [0.05, 0.1) is 5.01 Å². The molecular weight excluding hydrogens is 324 g/mol. The zero-order valence-electron chi connectivity index (χ0n) is 13.5. The Morgan fingerprint density at radius 2 is 2.04 bits per heavy atom. The van der Waals surface area contributed by atoms with Crippen LogP contribution in [0.3, 0.4) is 0 Å². The molecule has 126 valence electrons. The van der Waals surface area contributed by atoms with Gasteiger partial charge >= 0.3 is 5.97 Å². The number of aromatic nitrogens is 1. The summed E-state index contributed by atoms with van der Waals surface area (Å²) in [6, 6.07) is 7.36. The summed E-state index contributed by atoms with van der Waals surface area (Å²) in [7, 11) is 0. The maximum atomic E-state index is 12.2. The van der Waals surface area contributed by atoms with Gasteiger partial charge in [0, 0.05) is 11.8 Å². The molecule has 0 bridgehead atoms. The second-order valence-electron chi connectivity index (χ2n) is 6.33. The summed E-state index contributed by atoms with van der Waals surface area (Å²) in [5, 5.41) is 14.4. The number of nitrogens with zero attached hydrogens (tertiary/aromatic N) is 1. The number of amides is 1. The fourth-order valence-corrected chi connectivity index (χ4v) is 3.33. The van der Waals surface area contributed by atoms with Crippen molar-refractivity contribution in [3.8, 4) is 0 Å². The molecule has 1 amide bonds. The molecule has 1 heterocycles. The molecular formula is C18H20N2O3S. The number of nitrogens with one attached hydrogen (secondary N) is 1. The summed E-state index contributed by atoms with van der Waals surface area (Å²) >= 11 is 1.42. The predicted molar refractivity (Wildman–Crippen MR) is 92.3 cm³/mol. The van der Waals surface area contributed by atoms with E-state index in [-0.39, 0.29) is 0 Å². The SMILES string of the molecule is Cc1ccc(Cc2nc(C(=O)NC(CC3CC3)C(=O)O)cs2)cc1. The van der Waals surface area contributed by atoms with Crippen LogP contribution in [-0.4, -0.2) is 28.0 Å². The number of carboxylic acid groups (broad SMARTS) is 1. The number of aliphatic carboxylic acids is 1. The molecule has 1 aromatic carbocycles. The van der Waals surface area contributed by atoms with E-state index in [0.29, 0.717) is 24.5 Å². The summed E-state index contributed by atoms with van der Waals surface area (Å²) in [4.78, 5) is 27.9. The first-order valence-corrected chi connectivity index (χ1v) is 8.93. The molecule has 2 aromatic rings. The Kier molecular flexibility index (Phi) is 4.94. The van der Waals surface area contributed by atoms with E-state index in [9.17, 15) is 14.7 Å². The number of hydrogen-bond acceptors (Lipinski definition) is 4. The third-order valence-corrected chi connectivity index (χ3v) is 4.98. The van der Waals surface area contributed by atoms with Crippen molar-refractivity contribution in [2.24, 2.45) is 5.92 Å². The number of rotatable bonds is 7. The zero-order chi connectivity index (χ0) is 17.1. The number of carbonyl (C=O) groups is 2. The predicted octanol–water partition coefficient (Wildman–Crippen LogP) is 3.03. The molecule has 0 aliphatic heterocycles. The smallest absolute Gasteiger partial charge is 0.326 e. The maximum absolute atomic E-state index is 12.2. The number of carbonyl (C=O) groups excluding carboxylic acids is 1. The van der Waals surface area contributed by atoms with E-state index in [0.717, 1.165) is 23.4 Å².